The van der Waals surface area contributed by atoms with E-state index in [0.717, 1.165) is 5.56 Å². The summed E-state index contributed by atoms with van der Waals surface area (Å²) in [7, 11) is 0. The van der Waals surface area contributed by atoms with Gasteiger partial charge in [-0.15, -0.1) is 0 Å². The molecule has 2 aromatic carbocycles. The van der Waals surface area contributed by atoms with E-state index in [1.54, 1.807) is 24.3 Å². The van der Waals surface area contributed by atoms with Crippen molar-refractivity contribution in [1.29, 1.82) is 0 Å². The Morgan fingerprint density at radius 3 is 2.52 bits per heavy atom. The molecule has 0 saturated heterocycles. The maximum Gasteiger partial charge on any atom is 0.326 e. The summed E-state index contributed by atoms with van der Waals surface area (Å²) in [6.07, 6.45) is 0.340. The van der Waals surface area contributed by atoms with E-state index in [2.05, 4.69) is 10.3 Å². The van der Waals surface area contributed by atoms with Crippen molar-refractivity contribution in [2.24, 2.45) is 0 Å². The molecule has 29 heavy (non-hydrogen) atoms. The fraction of sp³-hybridized carbons (Fsp3) is 0.273. The molecule has 0 bridgehead atoms. The smallest absolute Gasteiger partial charge is 0.326 e. The predicted molar refractivity (Wildman–Crippen MR) is 109 cm³/mol. The number of para-hydroxylation sites is 1. The minimum atomic E-state index is -0.963. The maximum atomic E-state index is 12.4. The number of amides is 1. The van der Waals surface area contributed by atoms with Crippen LogP contribution in [0.3, 0.4) is 0 Å². The molecule has 0 unspecified atom stereocenters. The highest BCUT2D eigenvalue weighted by molar-refractivity contribution is 5.83. The van der Waals surface area contributed by atoms with E-state index in [-0.39, 0.29) is 23.9 Å². The predicted octanol–water partition coefficient (Wildman–Crippen LogP) is 2.25. The highest BCUT2D eigenvalue weighted by atomic mass is 16.5. The van der Waals surface area contributed by atoms with Gasteiger partial charge >= 0.3 is 5.97 Å². The standard InChI is InChI=1S/C22H23N3O4/c1-15(17-8-4-3-5-9-17)12-23-21(27)16(2)29-20(26)13-25-14-24-19-11-7-6-10-18(19)22(25)28/h3-11,14-16H,12-13H2,1-2H3,(H,23,27)/t15-,16+/m1/s1. The topological polar surface area (TPSA) is 90.3 Å². The Hall–Kier alpha value is -3.48. The zero-order chi connectivity index (χ0) is 20.8. The molecule has 3 aromatic rings. The van der Waals surface area contributed by atoms with Gasteiger partial charge in [-0.1, -0.05) is 49.4 Å². The Morgan fingerprint density at radius 2 is 1.76 bits per heavy atom. The third-order valence-corrected chi connectivity index (χ3v) is 4.66. The SMILES string of the molecule is C[C@H](OC(=O)Cn1cnc2ccccc2c1=O)C(=O)NC[C@@H](C)c1ccccc1. The molecular formula is C22H23N3O4. The minimum absolute atomic E-state index is 0.130. The lowest BCUT2D eigenvalue weighted by atomic mass is 10.0. The van der Waals surface area contributed by atoms with Gasteiger partial charge in [0, 0.05) is 6.54 Å². The molecular weight excluding hydrogens is 370 g/mol. The van der Waals surface area contributed by atoms with Gasteiger partial charge in [-0.3, -0.25) is 19.0 Å². The zero-order valence-corrected chi connectivity index (χ0v) is 16.4. The van der Waals surface area contributed by atoms with Crippen molar-refractivity contribution < 1.29 is 14.3 Å². The van der Waals surface area contributed by atoms with E-state index in [1.807, 2.05) is 37.3 Å². The van der Waals surface area contributed by atoms with Crippen LogP contribution < -0.4 is 10.9 Å². The number of benzene rings is 2. The van der Waals surface area contributed by atoms with Crippen LogP contribution in [0.5, 0.6) is 0 Å². The number of nitrogens with one attached hydrogen (secondary N) is 1. The first kappa shape index (κ1) is 20.3. The Bertz CT molecular complexity index is 1060. The van der Waals surface area contributed by atoms with Gasteiger partial charge in [0.2, 0.25) is 0 Å². The average molecular weight is 393 g/mol. The summed E-state index contributed by atoms with van der Waals surface area (Å²) in [6.45, 7) is 3.63. The molecule has 1 aromatic heterocycles. The monoisotopic (exact) mass is 393 g/mol. The second-order valence-electron chi connectivity index (χ2n) is 6.88. The highest BCUT2D eigenvalue weighted by Crippen LogP contribution is 2.13. The molecule has 0 radical (unpaired) electrons. The number of nitrogens with zero attached hydrogens (tertiary/aromatic N) is 2. The van der Waals surface area contributed by atoms with Gasteiger partial charge in [0.25, 0.3) is 11.5 Å². The van der Waals surface area contributed by atoms with Crippen LogP contribution in [-0.2, 0) is 20.9 Å². The molecule has 0 fully saturated rings. The number of carbonyl (C=O) groups excluding carboxylic acids is 2. The molecule has 2 atom stereocenters. The minimum Gasteiger partial charge on any atom is -0.451 e. The van der Waals surface area contributed by atoms with Gasteiger partial charge in [-0.2, -0.15) is 0 Å². The molecule has 3 rings (SSSR count). The van der Waals surface area contributed by atoms with Crippen molar-refractivity contribution in [1.82, 2.24) is 14.9 Å². The lowest BCUT2D eigenvalue weighted by molar-refractivity contribution is -0.155. The van der Waals surface area contributed by atoms with Gasteiger partial charge in [0.05, 0.1) is 17.2 Å². The molecule has 0 aliphatic rings. The lowest BCUT2D eigenvalue weighted by Crippen LogP contribution is -2.38. The third kappa shape index (κ3) is 5.07. The van der Waals surface area contributed by atoms with Gasteiger partial charge < -0.3 is 10.1 Å². The average Bonchev–Trinajstić information content (AvgIpc) is 2.74. The van der Waals surface area contributed by atoms with Crippen molar-refractivity contribution in [3.8, 4) is 0 Å². The fourth-order valence-electron chi connectivity index (χ4n) is 2.94. The number of carbonyl (C=O) groups is 2. The first-order valence-electron chi connectivity index (χ1n) is 9.42. The molecule has 7 nitrogen and oxygen atoms in total. The quantitative estimate of drug-likeness (QED) is 0.622. The fourth-order valence-corrected chi connectivity index (χ4v) is 2.94. The number of fused-ring (bicyclic) bond motifs is 1. The second-order valence-corrected chi connectivity index (χ2v) is 6.88. The third-order valence-electron chi connectivity index (χ3n) is 4.66. The van der Waals surface area contributed by atoms with Crippen LogP contribution in [0.2, 0.25) is 0 Å². The molecule has 0 saturated carbocycles. The second kappa shape index (κ2) is 9.14. The van der Waals surface area contributed by atoms with Crippen LogP contribution in [0.4, 0.5) is 0 Å². The number of ether oxygens (including phenoxy) is 1. The van der Waals surface area contributed by atoms with Gasteiger partial charge in [-0.05, 0) is 30.5 Å². The normalized spacial score (nSPS) is 12.9. The maximum absolute atomic E-state index is 12.4. The van der Waals surface area contributed by atoms with Crippen molar-refractivity contribution in [2.75, 3.05) is 6.54 Å². The summed E-state index contributed by atoms with van der Waals surface area (Å²) >= 11 is 0. The molecule has 150 valence electrons. The molecule has 0 aliphatic carbocycles. The van der Waals surface area contributed by atoms with Crippen LogP contribution in [0.25, 0.3) is 10.9 Å². The first-order chi connectivity index (χ1) is 14.0. The number of aromatic nitrogens is 2. The van der Waals surface area contributed by atoms with Gasteiger partial charge in [0.1, 0.15) is 6.54 Å². The summed E-state index contributed by atoms with van der Waals surface area (Å²) in [6, 6.07) is 16.7. The molecule has 1 amide bonds. The van der Waals surface area contributed by atoms with E-state index < -0.39 is 12.1 Å². The number of rotatable bonds is 7. The molecule has 1 N–H and O–H groups in total. The van der Waals surface area contributed by atoms with Crippen molar-refractivity contribution >= 4 is 22.8 Å². The number of hydrogen-bond acceptors (Lipinski definition) is 5. The summed E-state index contributed by atoms with van der Waals surface area (Å²) < 4.78 is 6.36. The Kier molecular flexibility index (Phi) is 6.39. The Labute approximate surface area is 168 Å². The number of esters is 1. The van der Waals surface area contributed by atoms with E-state index in [1.165, 1.54) is 17.8 Å². The van der Waals surface area contributed by atoms with E-state index in [0.29, 0.717) is 17.4 Å². The van der Waals surface area contributed by atoms with E-state index in [4.69, 9.17) is 4.74 Å². The summed E-state index contributed by atoms with van der Waals surface area (Å²) in [4.78, 5) is 41.0. The molecule has 0 spiro atoms. The van der Waals surface area contributed by atoms with Crippen LogP contribution in [-0.4, -0.2) is 34.1 Å². The van der Waals surface area contributed by atoms with Crippen LogP contribution in [0.15, 0.2) is 65.7 Å². The summed E-state index contributed by atoms with van der Waals surface area (Å²) in [5.41, 5.74) is 1.34. The van der Waals surface area contributed by atoms with Crippen LogP contribution in [0, 0.1) is 0 Å². The summed E-state index contributed by atoms with van der Waals surface area (Å²) in [5.74, 6) is -0.932. The van der Waals surface area contributed by atoms with Gasteiger partial charge in [-0.25, -0.2) is 4.98 Å². The first-order valence-corrected chi connectivity index (χ1v) is 9.42. The number of hydrogen-bond donors (Lipinski definition) is 1. The van der Waals surface area contributed by atoms with E-state index in [9.17, 15) is 14.4 Å². The Balaban J connectivity index is 1.54. The van der Waals surface area contributed by atoms with Gasteiger partial charge in [0.15, 0.2) is 6.10 Å². The lowest BCUT2D eigenvalue weighted by Gasteiger charge is -2.17. The largest absolute Gasteiger partial charge is 0.451 e. The van der Waals surface area contributed by atoms with Crippen molar-refractivity contribution in [2.45, 2.75) is 32.4 Å². The molecule has 1 heterocycles. The Morgan fingerprint density at radius 1 is 1.07 bits per heavy atom. The summed E-state index contributed by atoms with van der Waals surface area (Å²) in [5, 5.41) is 3.21. The van der Waals surface area contributed by atoms with Crippen LogP contribution >= 0.6 is 0 Å². The van der Waals surface area contributed by atoms with Crippen molar-refractivity contribution in [3.05, 3.63) is 76.8 Å². The van der Waals surface area contributed by atoms with Crippen molar-refractivity contribution in [3.63, 3.8) is 0 Å². The zero-order valence-electron chi connectivity index (χ0n) is 16.4. The highest BCUT2D eigenvalue weighted by Gasteiger charge is 2.19. The van der Waals surface area contributed by atoms with Crippen LogP contribution in [0.1, 0.15) is 25.3 Å². The molecule has 7 heteroatoms. The molecule has 0 aliphatic heterocycles. The van der Waals surface area contributed by atoms with E-state index >= 15 is 0 Å².